The number of ether oxygens (including phenoxy) is 2. The molecule has 2 aromatic carbocycles. The van der Waals surface area contributed by atoms with Gasteiger partial charge in [-0.15, -0.1) is 0 Å². The van der Waals surface area contributed by atoms with Crippen LogP contribution in [-0.2, 0) is 0 Å². The van der Waals surface area contributed by atoms with E-state index < -0.39 is 17.7 Å². The molecule has 21 heavy (non-hydrogen) atoms. The van der Waals surface area contributed by atoms with Crippen LogP contribution in [0.4, 0.5) is 8.78 Å². The largest absolute Gasteiger partial charge is 0.490 e. The number of hydrogen-bond donors (Lipinski definition) is 1. The molecule has 3 nitrogen and oxygen atoms in total. The van der Waals surface area contributed by atoms with E-state index in [1.54, 1.807) is 18.2 Å². The van der Waals surface area contributed by atoms with Gasteiger partial charge in [0, 0.05) is 12.0 Å². The Morgan fingerprint density at radius 3 is 2.52 bits per heavy atom. The van der Waals surface area contributed by atoms with Gasteiger partial charge in [0.05, 0.1) is 19.3 Å². The molecule has 0 fully saturated rings. The molecule has 110 valence electrons. The first-order valence-electron chi connectivity index (χ1n) is 6.75. The molecular formula is C16H15F2NO2. The fourth-order valence-electron chi connectivity index (χ4n) is 2.31. The molecule has 0 saturated heterocycles. The van der Waals surface area contributed by atoms with E-state index in [1.807, 2.05) is 0 Å². The molecule has 2 N–H and O–H groups in total. The molecule has 2 aromatic rings. The fourth-order valence-corrected chi connectivity index (χ4v) is 2.31. The third-order valence-corrected chi connectivity index (χ3v) is 3.42. The fraction of sp³-hybridized carbons (Fsp3) is 0.250. The standard InChI is InChI=1S/C16H15F2NO2/c17-11-3-4-13(18)12(9-11)16(19)10-2-5-14-15(8-10)21-7-1-6-20-14/h2-5,8-9,16H,1,6-7,19H2. The summed E-state index contributed by atoms with van der Waals surface area (Å²) in [6, 6.07) is 7.69. The Bertz CT molecular complexity index is 661. The van der Waals surface area contributed by atoms with Crippen LogP contribution in [0.25, 0.3) is 0 Å². The lowest BCUT2D eigenvalue weighted by Crippen LogP contribution is -2.14. The summed E-state index contributed by atoms with van der Waals surface area (Å²) in [6.07, 6.45) is 0.800. The van der Waals surface area contributed by atoms with Crippen molar-refractivity contribution in [2.45, 2.75) is 12.5 Å². The smallest absolute Gasteiger partial charge is 0.161 e. The van der Waals surface area contributed by atoms with Crippen molar-refractivity contribution in [2.75, 3.05) is 13.2 Å². The molecule has 3 rings (SSSR count). The highest BCUT2D eigenvalue weighted by molar-refractivity contribution is 5.46. The molecule has 1 aliphatic rings. The van der Waals surface area contributed by atoms with Crippen molar-refractivity contribution in [2.24, 2.45) is 5.73 Å². The Labute approximate surface area is 121 Å². The minimum absolute atomic E-state index is 0.115. The van der Waals surface area contributed by atoms with E-state index in [4.69, 9.17) is 15.2 Å². The lowest BCUT2D eigenvalue weighted by molar-refractivity contribution is 0.297. The second-order valence-electron chi connectivity index (χ2n) is 4.90. The monoisotopic (exact) mass is 291 g/mol. The van der Waals surface area contributed by atoms with Crippen LogP contribution in [0.5, 0.6) is 11.5 Å². The maximum atomic E-state index is 13.8. The van der Waals surface area contributed by atoms with Gasteiger partial charge in [-0.1, -0.05) is 6.07 Å². The minimum Gasteiger partial charge on any atom is -0.490 e. The van der Waals surface area contributed by atoms with Crippen LogP contribution < -0.4 is 15.2 Å². The van der Waals surface area contributed by atoms with Gasteiger partial charge < -0.3 is 15.2 Å². The number of hydrogen-bond acceptors (Lipinski definition) is 3. The van der Waals surface area contributed by atoms with Gasteiger partial charge in [0.1, 0.15) is 11.6 Å². The Balaban J connectivity index is 1.96. The quantitative estimate of drug-likeness (QED) is 0.924. The average molecular weight is 291 g/mol. The van der Waals surface area contributed by atoms with Gasteiger partial charge in [-0.2, -0.15) is 0 Å². The van der Waals surface area contributed by atoms with Crippen molar-refractivity contribution in [1.82, 2.24) is 0 Å². The number of fused-ring (bicyclic) bond motifs is 1. The van der Waals surface area contributed by atoms with Crippen LogP contribution in [0, 0.1) is 11.6 Å². The maximum absolute atomic E-state index is 13.8. The molecular weight excluding hydrogens is 276 g/mol. The average Bonchev–Trinajstić information content (AvgIpc) is 2.73. The molecule has 1 atom stereocenters. The van der Waals surface area contributed by atoms with Crippen molar-refractivity contribution in [3.05, 3.63) is 59.2 Å². The summed E-state index contributed by atoms with van der Waals surface area (Å²) in [5.41, 5.74) is 6.81. The maximum Gasteiger partial charge on any atom is 0.161 e. The molecule has 0 saturated carbocycles. The summed E-state index contributed by atoms with van der Waals surface area (Å²) in [4.78, 5) is 0. The summed E-state index contributed by atoms with van der Waals surface area (Å²) in [6.45, 7) is 1.15. The van der Waals surface area contributed by atoms with Crippen LogP contribution in [0.3, 0.4) is 0 Å². The third-order valence-electron chi connectivity index (χ3n) is 3.42. The molecule has 5 heteroatoms. The van der Waals surface area contributed by atoms with E-state index in [0.717, 1.165) is 24.6 Å². The molecule has 0 aromatic heterocycles. The topological polar surface area (TPSA) is 44.5 Å². The molecule has 1 heterocycles. The summed E-state index contributed by atoms with van der Waals surface area (Å²) in [7, 11) is 0. The zero-order valence-electron chi connectivity index (χ0n) is 11.3. The SMILES string of the molecule is NC(c1ccc2c(c1)OCCCO2)c1cc(F)ccc1F. The van der Waals surface area contributed by atoms with Crippen molar-refractivity contribution in [1.29, 1.82) is 0 Å². The molecule has 0 aliphatic carbocycles. The molecule has 1 aliphatic heterocycles. The van der Waals surface area contributed by atoms with Gasteiger partial charge in [-0.25, -0.2) is 8.78 Å². The minimum atomic E-state index is -0.766. The van der Waals surface area contributed by atoms with Gasteiger partial charge in [-0.3, -0.25) is 0 Å². The first-order chi connectivity index (χ1) is 10.1. The van der Waals surface area contributed by atoms with Crippen LogP contribution in [-0.4, -0.2) is 13.2 Å². The van der Waals surface area contributed by atoms with Gasteiger partial charge >= 0.3 is 0 Å². The van der Waals surface area contributed by atoms with Gasteiger partial charge in [0.2, 0.25) is 0 Å². The number of benzene rings is 2. The zero-order chi connectivity index (χ0) is 14.8. The van der Waals surface area contributed by atoms with Crippen LogP contribution in [0.2, 0.25) is 0 Å². The van der Waals surface area contributed by atoms with E-state index >= 15 is 0 Å². The van der Waals surface area contributed by atoms with E-state index in [0.29, 0.717) is 30.3 Å². The van der Waals surface area contributed by atoms with E-state index in [2.05, 4.69) is 0 Å². The molecule has 1 unspecified atom stereocenters. The predicted octanol–water partition coefficient (Wildman–Crippen LogP) is 3.17. The van der Waals surface area contributed by atoms with Crippen molar-refractivity contribution in [3.8, 4) is 11.5 Å². The summed E-state index contributed by atoms with van der Waals surface area (Å²) < 4.78 is 38.2. The molecule has 0 amide bonds. The Hall–Kier alpha value is -2.14. The van der Waals surface area contributed by atoms with E-state index in [-0.39, 0.29) is 5.56 Å². The first-order valence-corrected chi connectivity index (χ1v) is 6.75. The van der Waals surface area contributed by atoms with Crippen LogP contribution >= 0.6 is 0 Å². The number of halogens is 2. The predicted molar refractivity (Wildman–Crippen MR) is 74.4 cm³/mol. The molecule has 0 spiro atoms. The lowest BCUT2D eigenvalue weighted by Gasteiger charge is -2.16. The van der Waals surface area contributed by atoms with Gasteiger partial charge in [0.25, 0.3) is 0 Å². The zero-order valence-corrected chi connectivity index (χ0v) is 11.3. The highest BCUT2D eigenvalue weighted by atomic mass is 19.1. The second-order valence-corrected chi connectivity index (χ2v) is 4.90. The van der Waals surface area contributed by atoms with Crippen molar-refractivity contribution >= 4 is 0 Å². The molecule has 0 radical (unpaired) electrons. The Kier molecular flexibility index (Phi) is 3.75. The number of nitrogens with two attached hydrogens (primary N) is 1. The van der Waals surface area contributed by atoms with Crippen LogP contribution in [0.1, 0.15) is 23.6 Å². The van der Waals surface area contributed by atoms with Crippen LogP contribution in [0.15, 0.2) is 36.4 Å². The van der Waals surface area contributed by atoms with E-state index in [9.17, 15) is 8.78 Å². The second kappa shape index (κ2) is 5.69. The Morgan fingerprint density at radius 1 is 0.952 bits per heavy atom. The van der Waals surface area contributed by atoms with E-state index in [1.165, 1.54) is 0 Å². The normalized spacial score (nSPS) is 15.4. The van der Waals surface area contributed by atoms with Crippen molar-refractivity contribution in [3.63, 3.8) is 0 Å². The van der Waals surface area contributed by atoms with Gasteiger partial charge in [0.15, 0.2) is 11.5 Å². The highest BCUT2D eigenvalue weighted by Crippen LogP contribution is 2.33. The van der Waals surface area contributed by atoms with Gasteiger partial charge in [-0.05, 0) is 35.9 Å². The first kappa shape index (κ1) is 13.8. The Morgan fingerprint density at radius 2 is 1.71 bits per heavy atom. The third kappa shape index (κ3) is 2.83. The number of rotatable bonds is 2. The highest BCUT2D eigenvalue weighted by Gasteiger charge is 2.18. The lowest BCUT2D eigenvalue weighted by atomic mass is 9.98. The molecule has 0 bridgehead atoms. The summed E-state index contributed by atoms with van der Waals surface area (Å²) in [5.74, 6) is 0.174. The summed E-state index contributed by atoms with van der Waals surface area (Å²) in [5, 5.41) is 0. The summed E-state index contributed by atoms with van der Waals surface area (Å²) >= 11 is 0. The van der Waals surface area contributed by atoms with Crippen molar-refractivity contribution < 1.29 is 18.3 Å².